The third-order valence-corrected chi connectivity index (χ3v) is 7.25. The van der Waals surface area contributed by atoms with Gasteiger partial charge in [0.2, 0.25) is 0 Å². The monoisotopic (exact) mass is 543 g/mol. The molecule has 2 atom stereocenters. The Labute approximate surface area is 232 Å². The van der Waals surface area contributed by atoms with Gasteiger partial charge in [-0.05, 0) is 93.1 Å². The van der Waals surface area contributed by atoms with Crippen molar-refractivity contribution >= 4 is 28.7 Å². The SMILES string of the molecule is CCOc1ccc(N2C(=S)N[C@@H](c3ccccn3)[C@@H]2c2cc(C)n(-c3ccc(OC)cc3[N+](=O)[O-])c2C)cc1. The average Bonchev–Trinajstić information content (AvgIpc) is 3.44. The quantitative estimate of drug-likeness (QED) is 0.165. The largest absolute Gasteiger partial charge is 0.496 e. The third-order valence-electron chi connectivity index (χ3n) is 6.93. The number of nitro benzene ring substituents is 1. The predicted octanol–water partition coefficient (Wildman–Crippen LogP) is 5.98. The summed E-state index contributed by atoms with van der Waals surface area (Å²) in [6.07, 6.45) is 1.76. The van der Waals surface area contributed by atoms with Gasteiger partial charge in [0.25, 0.3) is 5.69 Å². The molecule has 0 spiro atoms. The van der Waals surface area contributed by atoms with Gasteiger partial charge in [-0.15, -0.1) is 0 Å². The average molecular weight is 544 g/mol. The number of ether oxygens (including phenoxy) is 2. The van der Waals surface area contributed by atoms with Crippen LogP contribution in [0, 0.1) is 24.0 Å². The van der Waals surface area contributed by atoms with Crippen molar-refractivity contribution < 1.29 is 14.4 Å². The Bertz CT molecular complexity index is 1520. The molecule has 0 unspecified atom stereocenters. The van der Waals surface area contributed by atoms with Gasteiger partial charge in [0.15, 0.2) is 5.11 Å². The lowest BCUT2D eigenvalue weighted by Gasteiger charge is -2.28. The van der Waals surface area contributed by atoms with E-state index in [2.05, 4.69) is 21.3 Å². The predicted molar refractivity (Wildman–Crippen MR) is 154 cm³/mol. The molecule has 4 aromatic rings. The minimum Gasteiger partial charge on any atom is -0.496 e. The Hall–Kier alpha value is -4.44. The summed E-state index contributed by atoms with van der Waals surface area (Å²) in [5.41, 5.74) is 4.90. The van der Waals surface area contributed by atoms with Crippen LogP contribution in [0.2, 0.25) is 0 Å². The number of pyridine rings is 1. The first-order valence-corrected chi connectivity index (χ1v) is 13.0. The van der Waals surface area contributed by atoms with Crippen molar-refractivity contribution in [1.82, 2.24) is 14.9 Å². The first-order chi connectivity index (χ1) is 18.8. The highest BCUT2D eigenvalue weighted by atomic mass is 32.1. The molecule has 200 valence electrons. The fourth-order valence-electron chi connectivity index (χ4n) is 5.24. The lowest BCUT2D eigenvalue weighted by Crippen LogP contribution is -2.29. The summed E-state index contributed by atoms with van der Waals surface area (Å²) in [4.78, 5) is 18.4. The second kappa shape index (κ2) is 10.7. The number of aromatic nitrogens is 2. The molecular weight excluding hydrogens is 514 g/mol. The molecule has 0 aliphatic carbocycles. The van der Waals surface area contributed by atoms with Crippen molar-refractivity contribution in [3.63, 3.8) is 0 Å². The third kappa shape index (κ3) is 4.79. The van der Waals surface area contributed by atoms with Crippen molar-refractivity contribution in [3.05, 3.63) is 106 Å². The summed E-state index contributed by atoms with van der Waals surface area (Å²) in [5.74, 6) is 1.21. The first kappa shape index (κ1) is 26.2. The van der Waals surface area contributed by atoms with Gasteiger partial charge in [0.1, 0.15) is 17.2 Å². The number of hydrogen-bond donors (Lipinski definition) is 1. The van der Waals surface area contributed by atoms with Crippen molar-refractivity contribution in [2.45, 2.75) is 32.9 Å². The maximum atomic E-state index is 12.0. The van der Waals surface area contributed by atoms with Gasteiger partial charge in [0.05, 0.1) is 42.5 Å². The number of hydrogen-bond acceptors (Lipinski definition) is 6. The second-order valence-electron chi connectivity index (χ2n) is 9.20. The van der Waals surface area contributed by atoms with Crippen molar-refractivity contribution in [2.24, 2.45) is 0 Å². The molecule has 39 heavy (non-hydrogen) atoms. The second-order valence-corrected chi connectivity index (χ2v) is 9.58. The van der Waals surface area contributed by atoms with Crippen LogP contribution in [-0.2, 0) is 0 Å². The van der Waals surface area contributed by atoms with E-state index in [-0.39, 0.29) is 22.7 Å². The van der Waals surface area contributed by atoms with Crippen LogP contribution in [0.25, 0.3) is 5.69 Å². The van der Waals surface area contributed by atoms with E-state index in [0.717, 1.165) is 34.1 Å². The molecule has 2 aromatic heterocycles. The van der Waals surface area contributed by atoms with Crippen molar-refractivity contribution in [2.75, 3.05) is 18.6 Å². The van der Waals surface area contributed by atoms with Gasteiger partial charge in [-0.25, -0.2) is 0 Å². The number of nitrogens with zero attached hydrogens (tertiary/aromatic N) is 4. The van der Waals surface area contributed by atoms with Gasteiger partial charge in [-0.3, -0.25) is 15.1 Å². The van der Waals surface area contributed by atoms with Crippen LogP contribution in [0.1, 0.15) is 41.7 Å². The van der Waals surface area contributed by atoms with E-state index in [9.17, 15) is 10.1 Å². The first-order valence-electron chi connectivity index (χ1n) is 12.6. The number of benzene rings is 2. The summed E-state index contributed by atoms with van der Waals surface area (Å²) in [6, 6.07) is 20.1. The van der Waals surface area contributed by atoms with Crippen LogP contribution in [0.3, 0.4) is 0 Å². The minimum absolute atomic E-state index is 0.0348. The molecule has 1 fully saturated rings. The minimum atomic E-state index is -0.383. The van der Waals surface area contributed by atoms with E-state index < -0.39 is 0 Å². The number of nitrogens with one attached hydrogen (secondary N) is 1. The molecule has 1 aliphatic heterocycles. The van der Waals surface area contributed by atoms with Crippen LogP contribution >= 0.6 is 12.2 Å². The maximum Gasteiger partial charge on any atom is 0.296 e. The Balaban J connectivity index is 1.67. The molecule has 3 heterocycles. The fourth-order valence-corrected chi connectivity index (χ4v) is 5.59. The van der Waals surface area contributed by atoms with E-state index in [1.54, 1.807) is 18.3 Å². The smallest absolute Gasteiger partial charge is 0.296 e. The molecule has 0 saturated carbocycles. The van der Waals surface area contributed by atoms with E-state index >= 15 is 0 Å². The molecule has 0 amide bonds. The number of nitro groups is 1. The highest BCUT2D eigenvalue weighted by Gasteiger charge is 2.42. The summed E-state index contributed by atoms with van der Waals surface area (Å²) >= 11 is 5.87. The number of rotatable bonds is 8. The molecule has 10 heteroatoms. The zero-order valence-corrected chi connectivity index (χ0v) is 22.9. The van der Waals surface area contributed by atoms with Crippen LogP contribution in [0.15, 0.2) is 72.9 Å². The molecule has 0 bridgehead atoms. The van der Waals surface area contributed by atoms with Crippen LogP contribution in [0.5, 0.6) is 11.5 Å². The van der Waals surface area contributed by atoms with E-state index in [1.807, 2.05) is 67.8 Å². The molecule has 1 saturated heterocycles. The van der Waals surface area contributed by atoms with E-state index in [1.165, 1.54) is 13.2 Å². The summed E-state index contributed by atoms with van der Waals surface area (Å²) < 4.78 is 12.8. The van der Waals surface area contributed by atoms with Crippen molar-refractivity contribution in [3.8, 4) is 17.2 Å². The Kier molecular flexibility index (Phi) is 7.21. The molecular formula is C29H29N5O4S. The number of anilines is 1. The topological polar surface area (TPSA) is 94.7 Å². The zero-order chi connectivity index (χ0) is 27.7. The number of aryl methyl sites for hydroxylation is 1. The van der Waals surface area contributed by atoms with Gasteiger partial charge in [0, 0.05) is 23.3 Å². The molecule has 0 radical (unpaired) electrons. The zero-order valence-electron chi connectivity index (χ0n) is 22.1. The normalized spacial score (nSPS) is 16.7. The van der Waals surface area contributed by atoms with E-state index in [4.69, 9.17) is 21.7 Å². The van der Waals surface area contributed by atoms with Crippen LogP contribution in [0.4, 0.5) is 11.4 Å². The summed E-state index contributed by atoms with van der Waals surface area (Å²) in [5, 5.41) is 16.1. The Morgan fingerprint density at radius 1 is 1.08 bits per heavy atom. The standard InChI is InChI=1S/C29H29N5O4S/c1-5-38-21-11-9-20(10-12-21)33-28(27(31-29(33)39)24-8-6-7-15-30-24)23-16-18(2)32(19(23)3)25-14-13-22(37-4)17-26(25)34(35)36/h6-17,27-28H,5H2,1-4H3,(H,31,39)/t27-,28-/m0/s1. The Morgan fingerprint density at radius 3 is 2.46 bits per heavy atom. The molecule has 9 nitrogen and oxygen atoms in total. The Morgan fingerprint density at radius 2 is 1.82 bits per heavy atom. The van der Waals surface area contributed by atoms with Crippen molar-refractivity contribution in [1.29, 1.82) is 0 Å². The van der Waals surface area contributed by atoms with Gasteiger partial charge >= 0.3 is 0 Å². The lowest BCUT2D eigenvalue weighted by atomic mass is 9.96. The molecule has 1 N–H and O–H groups in total. The molecule has 1 aliphatic rings. The van der Waals surface area contributed by atoms with Crippen LogP contribution < -0.4 is 19.7 Å². The molecule has 5 rings (SSSR count). The highest BCUT2D eigenvalue weighted by Crippen LogP contribution is 2.44. The summed E-state index contributed by atoms with van der Waals surface area (Å²) in [6.45, 7) is 6.45. The van der Waals surface area contributed by atoms with Gasteiger partial charge < -0.3 is 24.3 Å². The van der Waals surface area contributed by atoms with Gasteiger partial charge in [-0.2, -0.15) is 0 Å². The van der Waals surface area contributed by atoms with E-state index in [0.29, 0.717) is 23.2 Å². The number of thiocarbonyl (C=S) groups is 1. The van der Waals surface area contributed by atoms with Crippen LogP contribution in [-0.4, -0.2) is 33.3 Å². The molecule has 2 aromatic carbocycles. The highest BCUT2D eigenvalue weighted by molar-refractivity contribution is 7.80. The van der Waals surface area contributed by atoms with Gasteiger partial charge in [-0.1, -0.05) is 6.07 Å². The maximum absolute atomic E-state index is 12.0. The fraction of sp³-hybridized carbons (Fsp3) is 0.241. The summed E-state index contributed by atoms with van der Waals surface area (Å²) in [7, 11) is 1.49. The lowest BCUT2D eigenvalue weighted by molar-refractivity contribution is -0.384. The number of methoxy groups -OCH3 is 1.